The van der Waals surface area contributed by atoms with E-state index in [9.17, 15) is 13.6 Å². The van der Waals surface area contributed by atoms with Crippen LogP contribution in [-0.2, 0) is 12.5 Å². The number of halogens is 3. The van der Waals surface area contributed by atoms with Crippen LogP contribution in [0.15, 0.2) is 53.0 Å². The van der Waals surface area contributed by atoms with Crippen LogP contribution in [0.5, 0.6) is 0 Å². The van der Waals surface area contributed by atoms with E-state index in [0.29, 0.717) is 5.56 Å². The van der Waals surface area contributed by atoms with E-state index in [4.69, 9.17) is 0 Å². The average Bonchev–Trinajstić information content (AvgIpc) is 2.78. The zero-order chi connectivity index (χ0) is 15.0. The van der Waals surface area contributed by atoms with E-state index >= 15 is 0 Å². The second kappa shape index (κ2) is 5.22. The van der Waals surface area contributed by atoms with Crippen molar-refractivity contribution < 1.29 is 13.6 Å². The van der Waals surface area contributed by atoms with Crippen LogP contribution in [0.3, 0.4) is 0 Å². The van der Waals surface area contributed by atoms with Crippen molar-refractivity contribution in [3.63, 3.8) is 0 Å². The first kappa shape index (κ1) is 14.2. The molecule has 0 saturated heterocycles. The summed E-state index contributed by atoms with van der Waals surface area (Å²) < 4.78 is 29.4. The second-order valence-corrected chi connectivity index (χ2v) is 5.85. The molecule has 0 bridgehead atoms. The van der Waals surface area contributed by atoms with Crippen LogP contribution >= 0.6 is 15.9 Å². The van der Waals surface area contributed by atoms with Gasteiger partial charge in [-0.15, -0.1) is 0 Å². The number of nitrogens with zero attached hydrogens (tertiary/aromatic N) is 1. The van der Waals surface area contributed by atoms with E-state index in [-0.39, 0.29) is 18.0 Å². The SMILES string of the molecule is O=C1c2cccc(Br)c2CN1CC(F)(F)c1ccccc1. The fraction of sp³-hybridized carbons (Fsp3) is 0.188. The van der Waals surface area contributed by atoms with Gasteiger partial charge in [0, 0.05) is 22.1 Å². The molecule has 1 amide bonds. The van der Waals surface area contributed by atoms with Gasteiger partial charge in [0.15, 0.2) is 0 Å². The first-order valence-corrected chi connectivity index (χ1v) is 7.28. The third-order valence-electron chi connectivity index (χ3n) is 3.57. The van der Waals surface area contributed by atoms with E-state index < -0.39 is 12.5 Å². The van der Waals surface area contributed by atoms with E-state index in [1.807, 2.05) is 6.07 Å². The molecule has 2 aromatic carbocycles. The van der Waals surface area contributed by atoms with Crippen LogP contribution in [0.4, 0.5) is 8.78 Å². The lowest BCUT2D eigenvalue weighted by molar-refractivity contribution is -0.0325. The van der Waals surface area contributed by atoms with Crippen LogP contribution in [0.2, 0.25) is 0 Å². The first-order valence-electron chi connectivity index (χ1n) is 6.49. The molecule has 108 valence electrons. The predicted octanol–water partition coefficient (Wildman–Crippen LogP) is 4.20. The molecule has 0 aliphatic carbocycles. The molecule has 0 radical (unpaired) electrons. The summed E-state index contributed by atoms with van der Waals surface area (Å²) in [6, 6.07) is 12.8. The molecular formula is C16H12BrF2NO. The van der Waals surface area contributed by atoms with E-state index in [1.165, 1.54) is 17.0 Å². The molecule has 5 heteroatoms. The Morgan fingerprint density at radius 2 is 1.81 bits per heavy atom. The number of hydrogen-bond acceptors (Lipinski definition) is 1. The predicted molar refractivity (Wildman–Crippen MR) is 79.2 cm³/mol. The molecule has 1 aliphatic rings. The van der Waals surface area contributed by atoms with Gasteiger partial charge in [-0.05, 0) is 17.7 Å². The first-order chi connectivity index (χ1) is 9.99. The maximum absolute atomic E-state index is 14.3. The topological polar surface area (TPSA) is 20.3 Å². The number of carbonyl (C=O) groups excluding carboxylic acids is 1. The van der Waals surface area contributed by atoms with Crippen molar-refractivity contribution in [2.24, 2.45) is 0 Å². The zero-order valence-corrected chi connectivity index (χ0v) is 12.6. The van der Waals surface area contributed by atoms with Gasteiger partial charge in [-0.25, -0.2) is 0 Å². The van der Waals surface area contributed by atoms with Gasteiger partial charge >= 0.3 is 0 Å². The van der Waals surface area contributed by atoms with Crippen molar-refractivity contribution in [2.45, 2.75) is 12.5 Å². The summed E-state index contributed by atoms with van der Waals surface area (Å²) in [5.41, 5.74) is 1.19. The molecule has 0 atom stereocenters. The average molecular weight is 352 g/mol. The van der Waals surface area contributed by atoms with Gasteiger partial charge in [0.05, 0.1) is 6.54 Å². The van der Waals surface area contributed by atoms with Crippen LogP contribution in [0, 0.1) is 0 Å². The quantitative estimate of drug-likeness (QED) is 0.811. The molecule has 0 aromatic heterocycles. The van der Waals surface area contributed by atoms with Crippen molar-refractivity contribution in [3.05, 3.63) is 69.7 Å². The van der Waals surface area contributed by atoms with Crippen molar-refractivity contribution in [1.82, 2.24) is 4.90 Å². The highest BCUT2D eigenvalue weighted by Gasteiger charge is 2.39. The molecule has 0 saturated carbocycles. The standard InChI is InChI=1S/C16H12BrF2NO/c17-14-8-4-7-12-13(14)9-20(15(12)21)10-16(18,19)11-5-2-1-3-6-11/h1-8H,9-10H2. The molecule has 0 N–H and O–H groups in total. The van der Waals surface area contributed by atoms with Crippen LogP contribution in [-0.4, -0.2) is 17.4 Å². The lowest BCUT2D eigenvalue weighted by Crippen LogP contribution is -2.35. The fourth-order valence-electron chi connectivity index (χ4n) is 2.49. The van der Waals surface area contributed by atoms with Gasteiger partial charge in [0.1, 0.15) is 0 Å². The van der Waals surface area contributed by atoms with Gasteiger partial charge in [-0.1, -0.05) is 52.3 Å². The largest absolute Gasteiger partial charge is 0.328 e. The van der Waals surface area contributed by atoms with Crippen LogP contribution in [0.25, 0.3) is 0 Å². The molecule has 1 heterocycles. The smallest absolute Gasteiger partial charge is 0.290 e. The lowest BCUT2D eigenvalue weighted by Gasteiger charge is -2.23. The highest BCUT2D eigenvalue weighted by molar-refractivity contribution is 9.10. The highest BCUT2D eigenvalue weighted by Crippen LogP contribution is 2.34. The Hall–Kier alpha value is -1.75. The van der Waals surface area contributed by atoms with E-state index in [2.05, 4.69) is 15.9 Å². The minimum absolute atomic E-state index is 0.0761. The van der Waals surface area contributed by atoms with Crippen LogP contribution in [0.1, 0.15) is 21.5 Å². The Labute approximate surface area is 129 Å². The lowest BCUT2D eigenvalue weighted by atomic mass is 10.1. The number of benzene rings is 2. The molecular weight excluding hydrogens is 340 g/mol. The number of hydrogen-bond donors (Lipinski definition) is 0. The fourth-order valence-corrected chi connectivity index (χ4v) is 2.98. The van der Waals surface area contributed by atoms with Gasteiger partial charge < -0.3 is 4.90 Å². The molecule has 0 fully saturated rings. The van der Waals surface area contributed by atoms with Gasteiger partial charge in [-0.3, -0.25) is 4.79 Å². The van der Waals surface area contributed by atoms with Gasteiger partial charge in [0.25, 0.3) is 11.8 Å². The number of amides is 1. The highest BCUT2D eigenvalue weighted by atomic mass is 79.9. The maximum Gasteiger partial charge on any atom is 0.290 e. The van der Waals surface area contributed by atoms with Crippen molar-refractivity contribution in [2.75, 3.05) is 6.54 Å². The molecule has 3 rings (SSSR count). The number of fused-ring (bicyclic) bond motifs is 1. The number of carbonyl (C=O) groups is 1. The van der Waals surface area contributed by atoms with Crippen LogP contribution < -0.4 is 0 Å². The van der Waals surface area contributed by atoms with E-state index in [0.717, 1.165) is 10.0 Å². The minimum Gasteiger partial charge on any atom is -0.328 e. The van der Waals surface area contributed by atoms with Crippen molar-refractivity contribution in [1.29, 1.82) is 0 Å². The summed E-state index contributed by atoms with van der Waals surface area (Å²) >= 11 is 3.36. The molecule has 1 aliphatic heterocycles. The third kappa shape index (κ3) is 2.58. The summed E-state index contributed by atoms with van der Waals surface area (Å²) in [5.74, 6) is -3.41. The second-order valence-electron chi connectivity index (χ2n) is 5.00. The summed E-state index contributed by atoms with van der Waals surface area (Å²) in [5, 5.41) is 0. The molecule has 21 heavy (non-hydrogen) atoms. The number of alkyl halides is 2. The van der Waals surface area contributed by atoms with Crippen molar-refractivity contribution >= 4 is 21.8 Å². The van der Waals surface area contributed by atoms with Gasteiger partial charge in [-0.2, -0.15) is 8.78 Å². The zero-order valence-electron chi connectivity index (χ0n) is 11.0. The Balaban J connectivity index is 1.85. The summed E-state index contributed by atoms with van der Waals surface area (Å²) in [6.07, 6.45) is 0. The minimum atomic E-state index is -3.06. The Bertz CT molecular complexity index is 688. The summed E-state index contributed by atoms with van der Waals surface area (Å²) in [4.78, 5) is 13.4. The maximum atomic E-state index is 14.3. The summed E-state index contributed by atoms with van der Waals surface area (Å²) in [6.45, 7) is -0.408. The van der Waals surface area contributed by atoms with Gasteiger partial charge in [0.2, 0.25) is 0 Å². The number of rotatable bonds is 3. The van der Waals surface area contributed by atoms with E-state index in [1.54, 1.807) is 30.3 Å². The molecule has 2 aromatic rings. The van der Waals surface area contributed by atoms with Crippen molar-refractivity contribution in [3.8, 4) is 0 Å². The monoisotopic (exact) mass is 351 g/mol. The Morgan fingerprint density at radius 1 is 1.10 bits per heavy atom. The molecule has 2 nitrogen and oxygen atoms in total. The Kier molecular flexibility index (Phi) is 3.53. The molecule has 0 spiro atoms. The normalized spacial score (nSPS) is 14.4. The third-order valence-corrected chi connectivity index (χ3v) is 4.31. The summed E-state index contributed by atoms with van der Waals surface area (Å²) in [7, 11) is 0. The molecule has 0 unspecified atom stereocenters. The Morgan fingerprint density at radius 3 is 2.48 bits per heavy atom.